The lowest BCUT2D eigenvalue weighted by Gasteiger charge is -2.12. The van der Waals surface area contributed by atoms with Crippen molar-refractivity contribution in [3.8, 4) is 5.75 Å². The molecule has 94 valence electrons. The summed E-state index contributed by atoms with van der Waals surface area (Å²) in [6, 6.07) is 5.65. The number of rotatable bonds is 7. The third-order valence-corrected chi connectivity index (χ3v) is 2.24. The van der Waals surface area contributed by atoms with E-state index in [0.29, 0.717) is 13.2 Å². The third-order valence-electron chi connectivity index (χ3n) is 2.24. The van der Waals surface area contributed by atoms with Crippen LogP contribution in [0.15, 0.2) is 30.9 Å². The van der Waals surface area contributed by atoms with E-state index in [1.165, 1.54) is 0 Å². The number of anilines is 1. The van der Waals surface area contributed by atoms with E-state index < -0.39 is 0 Å². The molecule has 0 aliphatic carbocycles. The first kappa shape index (κ1) is 13.6. The van der Waals surface area contributed by atoms with Crippen molar-refractivity contribution in [1.82, 2.24) is 0 Å². The van der Waals surface area contributed by atoms with E-state index in [-0.39, 0.29) is 6.10 Å². The topological polar surface area (TPSA) is 44.5 Å². The highest BCUT2D eigenvalue weighted by molar-refractivity contribution is 5.48. The second-order valence-corrected chi connectivity index (χ2v) is 4.13. The molecule has 0 heterocycles. The van der Waals surface area contributed by atoms with Gasteiger partial charge in [-0.25, -0.2) is 0 Å². The highest BCUT2D eigenvalue weighted by Gasteiger charge is 2.03. The number of hydrogen-bond donors (Lipinski definition) is 1. The van der Waals surface area contributed by atoms with Crippen molar-refractivity contribution in [2.45, 2.75) is 26.4 Å². The molecule has 0 saturated heterocycles. The lowest BCUT2D eigenvalue weighted by molar-refractivity contribution is 0.0551. The minimum absolute atomic E-state index is 0.234. The van der Waals surface area contributed by atoms with Crippen molar-refractivity contribution in [3.63, 3.8) is 0 Å². The van der Waals surface area contributed by atoms with Crippen LogP contribution >= 0.6 is 0 Å². The normalized spacial score (nSPS) is 10.5. The number of allylic oxidation sites excluding steroid dienone is 1. The van der Waals surface area contributed by atoms with Crippen LogP contribution in [0.1, 0.15) is 19.4 Å². The molecule has 1 aromatic rings. The predicted octanol–water partition coefficient (Wildman–Crippen LogP) is 2.80. The Morgan fingerprint density at radius 2 is 2.12 bits per heavy atom. The molecule has 0 aromatic heterocycles. The van der Waals surface area contributed by atoms with Crippen LogP contribution in [0.25, 0.3) is 0 Å². The third kappa shape index (κ3) is 4.91. The van der Waals surface area contributed by atoms with Gasteiger partial charge in [-0.1, -0.05) is 6.08 Å². The first-order valence-electron chi connectivity index (χ1n) is 5.87. The Hall–Kier alpha value is -1.48. The maximum absolute atomic E-state index is 5.74. The van der Waals surface area contributed by atoms with Crippen LogP contribution in [0.3, 0.4) is 0 Å². The van der Waals surface area contributed by atoms with Crippen molar-refractivity contribution in [2.24, 2.45) is 0 Å². The molecule has 0 atom stereocenters. The molecule has 1 rings (SSSR count). The summed E-state index contributed by atoms with van der Waals surface area (Å²) in [5.41, 5.74) is 7.54. The van der Waals surface area contributed by atoms with Crippen LogP contribution < -0.4 is 10.5 Å². The molecule has 0 fully saturated rings. The second-order valence-electron chi connectivity index (χ2n) is 4.13. The Balaban J connectivity index is 2.54. The fraction of sp³-hybridized carbons (Fsp3) is 0.429. The molecule has 0 unspecified atom stereocenters. The summed E-state index contributed by atoms with van der Waals surface area (Å²) in [6.45, 7) is 8.88. The summed E-state index contributed by atoms with van der Waals surface area (Å²) in [4.78, 5) is 0. The van der Waals surface area contributed by atoms with Gasteiger partial charge in [-0.2, -0.15) is 0 Å². The maximum atomic E-state index is 5.74. The van der Waals surface area contributed by atoms with E-state index in [0.717, 1.165) is 23.4 Å². The zero-order valence-electron chi connectivity index (χ0n) is 10.6. The van der Waals surface area contributed by atoms with Crippen molar-refractivity contribution in [2.75, 3.05) is 18.9 Å². The monoisotopic (exact) mass is 235 g/mol. The van der Waals surface area contributed by atoms with Crippen LogP contribution in [0.2, 0.25) is 0 Å². The average Bonchev–Trinajstić information content (AvgIpc) is 2.27. The van der Waals surface area contributed by atoms with Gasteiger partial charge in [0.05, 0.1) is 12.7 Å². The van der Waals surface area contributed by atoms with Gasteiger partial charge < -0.3 is 15.2 Å². The maximum Gasteiger partial charge on any atom is 0.123 e. The molecule has 0 aliphatic rings. The average molecular weight is 235 g/mol. The number of benzene rings is 1. The van der Waals surface area contributed by atoms with E-state index in [1.807, 2.05) is 38.1 Å². The van der Waals surface area contributed by atoms with Crippen molar-refractivity contribution < 1.29 is 9.47 Å². The first-order chi connectivity index (χ1) is 8.13. The molecule has 0 bridgehead atoms. The van der Waals surface area contributed by atoms with Crippen LogP contribution in [-0.4, -0.2) is 19.3 Å². The molecule has 3 nitrogen and oxygen atoms in total. The second kappa shape index (κ2) is 6.97. The zero-order valence-corrected chi connectivity index (χ0v) is 10.6. The number of nitrogen functional groups attached to an aromatic ring is 1. The van der Waals surface area contributed by atoms with Crippen LogP contribution in [-0.2, 0) is 11.2 Å². The van der Waals surface area contributed by atoms with E-state index >= 15 is 0 Å². The molecule has 0 radical (unpaired) electrons. The molecule has 0 amide bonds. The lowest BCUT2D eigenvalue weighted by Crippen LogP contribution is -2.12. The smallest absolute Gasteiger partial charge is 0.123 e. The summed E-state index contributed by atoms with van der Waals surface area (Å²) >= 11 is 0. The van der Waals surface area contributed by atoms with Gasteiger partial charge in [0, 0.05) is 5.69 Å². The fourth-order valence-corrected chi connectivity index (χ4v) is 1.49. The summed E-state index contributed by atoms with van der Waals surface area (Å²) in [5, 5.41) is 0. The van der Waals surface area contributed by atoms with Crippen molar-refractivity contribution in [1.29, 1.82) is 0 Å². The molecule has 3 heteroatoms. The Bertz CT molecular complexity index is 361. The highest BCUT2D eigenvalue weighted by atomic mass is 16.5. The fourth-order valence-electron chi connectivity index (χ4n) is 1.49. The predicted molar refractivity (Wildman–Crippen MR) is 71.3 cm³/mol. The molecular formula is C14H21NO2. The van der Waals surface area contributed by atoms with E-state index in [9.17, 15) is 0 Å². The molecule has 2 N–H and O–H groups in total. The quantitative estimate of drug-likeness (QED) is 0.449. The molecular weight excluding hydrogens is 214 g/mol. The standard InChI is InChI=1S/C14H21NO2/c1-4-5-12-10-13(15)6-7-14(12)17-9-8-16-11(2)3/h4,6-7,10-11H,1,5,8-9,15H2,2-3H3. The van der Waals surface area contributed by atoms with Gasteiger partial charge in [0.25, 0.3) is 0 Å². The Morgan fingerprint density at radius 1 is 1.35 bits per heavy atom. The Kier molecular flexibility index (Phi) is 5.57. The lowest BCUT2D eigenvalue weighted by atomic mass is 10.1. The van der Waals surface area contributed by atoms with Crippen LogP contribution in [0, 0.1) is 0 Å². The van der Waals surface area contributed by atoms with Gasteiger partial charge in [-0.3, -0.25) is 0 Å². The highest BCUT2D eigenvalue weighted by Crippen LogP contribution is 2.22. The van der Waals surface area contributed by atoms with Gasteiger partial charge in [0.2, 0.25) is 0 Å². The van der Waals surface area contributed by atoms with Gasteiger partial charge in [-0.05, 0) is 44.0 Å². The first-order valence-corrected chi connectivity index (χ1v) is 5.87. The molecule has 0 saturated carbocycles. The molecule has 0 spiro atoms. The van der Waals surface area contributed by atoms with Gasteiger partial charge >= 0.3 is 0 Å². The molecule has 1 aromatic carbocycles. The van der Waals surface area contributed by atoms with Crippen LogP contribution in [0.4, 0.5) is 5.69 Å². The number of ether oxygens (including phenoxy) is 2. The zero-order chi connectivity index (χ0) is 12.7. The van der Waals surface area contributed by atoms with E-state index in [1.54, 1.807) is 0 Å². The summed E-state index contributed by atoms with van der Waals surface area (Å²) in [6.07, 6.45) is 2.83. The summed E-state index contributed by atoms with van der Waals surface area (Å²) < 4.78 is 11.1. The SMILES string of the molecule is C=CCc1cc(N)ccc1OCCOC(C)C. The number of nitrogens with two attached hydrogens (primary N) is 1. The molecule has 17 heavy (non-hydrogen) atoms. The van der Waals surface area contributed by atoms with Gasteiger partial charge in [0.15, 0.2) is 0 Å². The number of hydrogen-bond acceptors (Lipinski definition) is 3. The van der Waals surface area contributed by atoms with E-state index in [4.69, 9.17) is 15.2 Å². The molecule has 0 aliphatic heterocycles. The summed E-state index contributed by atoms with van der Waals surface area (Å²) in [5.74, 6) is 0.853. The minimum atomic E-state index is 0.234. The van der Waals surface area contributed by atoms with Crippen LogP contribution in [0.5, 0.6) is 5.75 Å². The van der Waals surface area contributed by atoms with Crippen molar-refractivity contribution in [3.05, 3.63) is 36.4 Å². The summed E-state index contributed by atoms with van der Waals surface area (Å²) in [7, 11) is 0. The largest absolute Gasteiger partial charge is 0.491 e. The Labute approximate surface area is 103 Å². The van der Waals surface area contributed by atoms with Gasteiger partial charge in [0.1, 0.15) is 12.4 Å². The van der Waals surface area contributed by atoms with E-state index in [2.05, 4.69) is 6.58 Å². The Morgan fingerprint density at radius 3 is 2.76 bits per heavy atom. The van der Waals surface area contributed by atoms with Crippen molar-refractivity contribution >= 4 is 5.69 Å². The minimum Gasteiger partial charge on any atom is -0.491 e. The van der Waals surface area contributed by atoms with Gasteiger partial charge in [-0.15, -0.1) is 6.58 Å².